The summed E-state index contributed by atoms with van der Waals surface area (Å²) in [4.78, 5) is 24.7. The van der Waals surface area contributed by atoms with Crippen LogP contribution in [0.4, 0.5) is 4.79 Å². The summed E-state index contributed by atoms with van der Waals surface area (Å²) < 4.78 is 0. The van der Waals surface area contributed by atoms with Crippen LogP contribution in [0.25, 0.3) is 0 Å². The van der Waals surface area contributed by atoms with Gasteiger partial charge in [0.15, 0.2) is 0 Å². The molecule has 1 N–H and O–H groups in total. The summed E-state index contributed by atoms with van der Waals surface area (Å²) in [5.41, 5.74) is 0. The van der Waals surface area contributed by atoms with E-state index in [-0.39, 0.29) is 24.5 Å². The minimum atomic E-state index is -0.198. The van der Waals surface area contributed by atoms with Gasteiger partial charge in [-0.25, -0.2) is 4.79 Å². The summed E-state index contributed by atoms with van der Waals surface area (Å²) in [6, 6.07) is 0.0406. The molecule has 0 aromatic rings. The standard InChI is InChI=1S/C13H22N2O2/c1-8(2)10-5-4-9(3)11(6-10)15-7-12(16)14-13(15)17/h8-11H,4-7H2,1-3H3,(H,14,16,17)/t9-,10+,11+/m1/s1. The van der Waals surface area contributed by atoms with E-state index in [4.69, 9.17) is 0 Å². The molecule has 4 nitrogen and oxygen atoms in total. The van der Waals surface area contributed by atoms with Crippen LogP contribution in [-0.2, 0) is 4.79 Å². The molecule has 1 aliphatic carbocycles. The number of urea groups is 1. The second-order valence-corrected chi connectivity index (χ2v) is 5.84. The van der Waals surface area contributed by atoms with Gasteiger partial charge in [0.2, 0.25) is 5.91 Å². The lowest BCUT2D eigenvalue weighted by atomic mass is 9.74. The van der Waals surface area contributed by atoms with Gasteiger partial charge in [-0.15, -0.1) is 0 Å². The minimum Gasteiger partial charge on any atom is -0.312 e. The van der Waals surface area contributed by atoms with Crippen molar-refractivity contribution >= 4 is 11.9 Å². The van der Waals surface area contributed by atoms with E-state index in [0.29, 0.717) is 17.8 Å². The molecule has 0 radical (unpaired) electrons. The molecule has 0 unspecified atom stereocenters. The topological polar surface area (TPSA) is 49.4 Å². The number of hydrogen-bond acceptors (Lipinski definition) is 2. The minimum absolute atomic E-state index is 0.158. The predicted octanol–water partition coefficient (Wildman–Crippen LogP) is 2.00. The van der Waals surface area contributed by atoms with E-state index < -0.39 is 0 Å². The molecule has 2 fully saturated rings. The highest BCUT2D eigenvalue weighted by molar-refractivity contribution is 6.02. The van der Waals surface area contributed by atoms with Crippen molar-refractivity contribution in [2.75, 3.05) is 6.54 Å². The Bertz CT molecular complexity index is 327. The maximum absolute atomic E-state index is 11.7. The van der Waals surface area contributed by atoms with Gasteiger partial charge >= 0.3 is 6.03 Å². The highest BCUT2D eigenvalue weighted by Gasteiger charge is 2.39. The first-order chi connectivity index (χ1) is 7.99. The van der Waals surface area contributed by atoms with Crippen molar-refractivity contribution < 1.29 is 9.59 Å². The fourth-order valence-corrected chi connectivity index (χ4v) is 3.09. The molecule has 0 aromatic heterocycles. The number of nitrogens with one attached hydrogen (secondary N) is 1. The van der Waals surface area contributed by atoms with Crippen LogP contribution in [0.5, 0.6) is 0 Å². The first kappa shape index (κ1) is 12.4. The Morgan fingerprint density at radius 3 is 2.53 bits per heavy atom. The van der Waals surface area contributed by atoms with Crippen LogP contribution in [-0.4, -0.2) is 29.4 Å². The smallest absolute Gasteiger partial charge is 0.312 e. The molecule has 2 rings (SSSR count). The van der Waals surface area contributed by atoms with Crippen molar-refractivity contribution in [3.8, 4) is 0 Å². The van der Waals surface area contributed by atoms with E-state index >= 15 is 0 Å². The number of rotatable bonds is 2. The van der Waals surface area contributed by atoms with Gasteiger partial charge < -0.3 is 4.90 Å². The number of amides is 3. The molecule has 96 valence electrons. The van der Waals surface area contributed by atoms with Crippen LogP contribution in [0.1, 0.15) is 40.0 Å². The summed E-state index contributed by atoms with van der Waals surface area (Å²) in [6.07, 6.45) is 3.45. The molecule has 3 atom stereocenters. The molecule has 1 heterocycles. The summed E-state index contributed by atoms with van der Waals surface area (Å²) in [6.45, 7) is 6.93. The predicted molar refractivity (Wildman–Crippen MR) is 65.4 cm³/mol. The SMILES string of the molecule is CC(C)[C@H]1CC[C@@H](C)[C@@H](N2CC(=O)NC2=O)C1. The van der Waals surface area contributed by atoms with Crippen molar-refractivity contribution in [3.05, 3.63) is 0 Å². The average molecular weight is 238 g/mol. The second-order valence-electron chi connectivity index (χ2n) is 5.84. The third-order valence-corrected chi connectivity index (χ3v) is 4.36. The molecule has 0 aromatic carbocycles. The van der Waals surface area contributed by atoms with Gasteiger partial charge in [-0.3, -0.25) is 10.1 Å². The van der Waals surface area contributed by atoms with Crippen LogP contribution in [0.2, 0.25) is 0 Å². The van der Waals surface area contributed by atoms with Gasteiger partial charge in [-0.2, -0.15) is 0 Å². The number of hydrogen-bond donors (Lipinski definition) is 1. The van der Waals surface area contributed by atoms with Crippen LogP contribution >= 0.6 is 0 Å². The van der Waals surface area contributed by atoms with Gasteiger partial charge in [-0.1, -0.05) is 20.8 Å². The first-order valence-corrected chi connectivity index (χ1v) is 6.59. The molecule has 1 saturated carbocycles. The normalized spacial score (nSPS) is 34.4. The van der Waals surface area contributed by atoms with Crippen molar-refractivity contribution in [2.45, 2.75) is 46.1 Å². The second kappa shape index (κ2) is 4.67. The van der Waals surface area contributed by atoms with E-state index in [1.54, 1.807) is 4.90 Å². The Kier molecular flexibility index (Phi) is 3.40. The number of nitrogens with zero attached hydrogens (tertiary/aromatic N) is 1. The van der Waals surface area contributed by atoms with Crippen molar-refractivity contribution in [1.29, 1.82) is 0 Å². The number of carbonyl (C=O) groups is 2. The molecule has 1 saturated heterocycles. The Balaban J connectivity index is 2.07. The summed E-state index contributed by atoms with van der Waals surface area (Å²) in [5, 5.41) is 2.38. The average Bonchev–Trinajstić information content (AvgIpc) is 2.58. The lowest BCUT2D eigenvalue weighted by Gasteiger charge is -2.40. The Morgan fingerprint density at radius 1 is 1.29 bits per heavy atom. The van der Waals surface area contributed by atoms with E-state index in [0.717, 1.165) is 12.8 Å². The number of imide groups is 1. The van der Waals surface area contributed by atoms with Crippen molar-refractivity contribution in [1.82, 2.24) is 10.2 Å². The highest BCUT2D eigenvalue weighted by atomic mass is 16.2. The zero-order valence-corrected chi connectivity index (χ0v) is 10.9. The highest BCUT2D eigenvalue weighted by Crippen LogP contribution is 2.36. The van der Waals surface area contributed by atoms with E-state index in [2.05, 4.69) is 26.1 Å². The Labute approximate surface area is 103 Å². The third-order valence-electron chi connectivity index (χ3n) is 4.36. The van der Waals surface area contributed by atoms with E-state index in [1.807, 2.05) is 0 Å². The van der Waals surface area contributed by atoms with Crippen LogP contribution in [0.3, 0.4) is 0 Å². The zero-order valence-electron chi connectivity index (χ0n) is 10.9. The third kappa shape index (κ3) is 2.45. The van der Waals surface area contributed by atoms with Gasteiger partial charge in [-0.05, 0) is 37.0 Å². The van der Waals surface area contributed by atoms with Crippen LogP contribution < -0.4 is 5.32 Å². The Hall–Kier alpha value is -1.06. The van der Waals surface area contributed by atoms with Gasteiger partial charge in [0, 0.05) is 6.04 Å². The molecule has 0 bridgehead atoms. The van der Waals surface area contributed by atoms with Gasteiger partial charge in [0.05, 0.1) is 0 Å². The summed E-state index contributed by atoms with van der Waals surface area (Å²) >= 11 is 0. The van der Waals surface area contributed by atoms with Gasteiger partial charge in [0.25, 0.3) is 0 Å². The molecule has 4 heteroatoms. The monoisotopic (exact) mass is 238 g/mol. The first-order valence-electron chi connectivity index (χ1n) is 6.59. The molecular weight excluding hydrogens is 216 g/mol. The molecule has 3 amide bonds. The van der Waals surface area contributed by atoms with E-state index in [9.17, 15) is 9.59 Å². The summed E-state index contributed by atoms with van der Waals surface area (Å²) in [7, 11) is 0. The fourth-order valence-electron chi connectivity index (χ4n) is 3.09. The van der Waals surface area contributed by atoms with E-state index in [1.165, 1.54) is 6.42 Å². The summed E-state index contributed by atoms with van der Waals surface area (Å²) in [5.74, 6) is 1.68. The van der Waals surface area contributed by atoms with Crippen LogP contribution in [0, 0.1) is 17.8 Å². The molecule has 0 spiro atoms. The lowest BCUT2D eigenvalue weighted by molar-refractivity contribution is -0.118. The maximum atomic E-state index is 11.7. The maximum Gasteiger partial charge on any atom is 0.324 e. The molecular formula is C13H22N2O2. The fraction of sp³-hybridized carbons (Fsp3) is 0.846. The molecule has 17 heavy (non-hydrogen) atoms. The largest absolute Gasteiger partial charge is 0.324 e. The van der Waals surface area contributed by atoms with Gasteiger partial charge in [0.1, 0.15) is 6.54 Å². The van der Waals surface area contributed by atoms with Crippen molar-refractivity contribution in [3.63, 3.8) is 0 Å². The van der Waals surface area contributed by atoms with Crippen LogP contribution in [0.15, 0.2) is 0 Å². The lowest BCUT2D eigenvalue weighted by Crippen LogP contribution is -2.45. The Morgan fingerprint density at radius 2 is 2.00 bits per heavy atom. The molecule has 1 aliphatic heterocycles. The van der Waals surface area contributed by atoms with Crippen molar-refractivity contribution in [2.24, 2.45) is 17.8 Å². The number of carbonyl (C=O) groups excluding carboxylic acids is 2. The quantitative estimate of drug-likeness (QED) is 0.748. The molecule has 2 aliphatic rings. The zero-order chi connectivity index (χ0) is 12.6.